The number of piperidine rings is 2. The van der Waals surface area contributed by atoms with E-state index >= 15 is 0 Å². The molecule has 1 aromatic rings. The summed E-state index contributed by atoms with van der Waals surface area (Å²) in [5, 5.41) is 9.14. The van der Waals surface area contributed by atoms with Crippen LogP contribution in [0.25, 0.3) is 0 Å². The number of carboxylic acid groups (broad SMARTS) is 1. The van der Waals surface area contributed by atoms with Gasteiger partial charge in [0.05, 0.1) is 18.4 Å². The highest BCUT2D eigenvalue weighted by molar-refractivity contribution is 5.67. The quantitative estimate of drug-likeness (QED) is 0.884. The van der Waals surface area contributed by atoms with Crippen LogP contribution in [0.1, 0.15) is 50.5 Å². The Labute approximate surface area is 153 Å². The van der Waals surface area contributed by atoms with Gasteiger partial charge in [-0.15, -0.1) is 0 Å². The first kappa shape index (κ1) is 16.3. The van der Waals surface area contributed by atoms with Crippen LogP contribution < -0.4 is 9.80 Å². The first-order valence-electron chi connectivity index (χ1n) is 9.77. The van der Waals surface area contributed by atoms with Crippen molar-refractivity contribution in [3.05, 3.63) is 11.3 Å². The Kier molecular flexibility index (Phi) is 3.64. The van der Waals surface area contributed by atoms with Gasteiger partial charge in [0.25, 0.3) is 0 Å². The molecule has 1 N–H and O–H groups in total. The number of ether oxygens (including phenoxy) is 1. The Balaban J connectivity index is 1.44. The molecule has 1 saturated carbocycles. The number of carboxylic acids is 1. The van der Waals surface area contributed by atoms with E-state index in [1.165, 1.54) is 6.42 Å². The standard InChI is InChI=1S/C19H26N4O3/c1-10-3-4-23(10)19-20-17-11(2)26-9-15(17)18(21-19)22-7-12-5-13(8-22)14(12)6-16(24)25/h10-14H,3-9H2,1-2H3,(H,24,25)/t10?,11?,12-,13+,14?. The zero-order valence-electron chi connectivity index (χ0n) is 15.4. The summed E-state index contributed by atoms with van der Waals surface area (Å²) in [6, 6.07) is 0.494. The molecule has 26 heavy (non-hydrogen) atoms. The maximum atomic E-state index is 11.1. The fourth-order valence-corrected chi connectivity index (χ4v) is 5.14. The largest absolute Gasteiger partial charge is 0.481 e. The number of nitrogens with zero attached hydrogens (tertiary/aromatic N) is 4. The third kappa shape index (κ3) is 2.40. The predicted molar refractivity (Wildman–Crippen MR) is 96.2 cm³/mol. The SMILES string of the molecule is CC1OCc2c1nc(N1CCC1C)nc2N1C[C@H]2C[C@@H](C1)C2CC(=O)O. The molecule has 7 nitrogen and oxygen atoms in total. The van der Waals surface area contributed by atoms with Crippen LogP contribution in [0.15, 0.2) is 0 Å². The molecule has 4 fully saturated rings. The number of aliphatic carboxylic acids is 1. The molecule has 1 aromatic heterocycles. The van der Waals surface area contributed by atoms with Crippen molar-refractivity contribution < 1.29 is 14.6 Å². The Morgan fingerprint density at radius 3 is 2.65 bits per heavy atom. The van der Waals surface area contributed by atoms with Gasteiger partial charge in [-0.3, -0.25) is 4.79 Å². The van der Waals surface area contributed by atoms with Crippen LogP contribution in [0.5, 0.6) is 0 Å². The van der Waals surface area contributed by atoms with Crippen LogP contribution in [0.2, 0.25) is 0 Å². The lowest BCUT2D eigenvalue weighted by molar-refractivity contribution is -0.141. The highest BCUT2D eigenvalue weighted by Gasteiger charge is 2.48. The zero-order valence-corrected chi connectivity index (χ0v) is 15.4. The van der Waals surface area contributed by atoms with Crippen molar-refractivity contribution in [1.29, 1.82) is 0 Å². The minimum Gasteiger partial charge on any atom is -0.481 e. The van der Waals surface area contributed by atoms with Crippen molar-refractivity contribution in [3.63, 3.8) is 0 Å². The minimum atomic E-state index is -0.669. The van der Waals surface area contributed by atoms with Crippen molar-refractivity contribution in [2.45, 2.75) is 51.9 Å². The summed E-state index contributed by atoms with van der Waals surface area (Å²) in [7, 11) is 0. The Hall–Kier alpha value is -1.89. The van der Waals surface area contributed by atoms with Crippen molar-refractivity contribution in [3.8, 4) is 0 Å². The van der Waals surface area contributed by atoms with E-state index in [4.69, 9.17) is 19.8 Å². The number of fused-ring (bicyclic) bond motifs is 3. The summed E-state index contributed by atoms with van der Waals surface area (Å²) >= 11 is 0. The third-order valence-electron chi connectivity index (χ3n) is 6.88. The molecule has 7 heteroatoms. The van der Waals surface area contributed by atoms with E-state index in [-0.39, 0.29) is 6.10 Å². The van der Waals surface area contributed by atoms with Gasteiger partial charge in [-0.25, -0.2) is 4.98 Å². The number of rotatable bonds is 4. The molecule has 0 spiro atoms. The average Bonchev–Trinajstić information content (AvgIpc) is 2.99. The van der Waals surface area contributed by atoms with Crippen LogP contribution in [0.3, 0.4) is 0 Å². The molecule has 0 amide bonds. The van der Waals surface area contributed by atoms with Gasteiger partial charge >= 0.3 is 5.97 Å². The highest BCUT2D eigenvalue weighted by atomic mass is 16.5. The number of hydrogen-bond acceptors (Lipinski definition) is 6. The van der Waals surface area contributed by atoms with Gasteiger partial charge in [0, 0.05) is 37.7 Å². The van der Waals surface area contributed by atoms with Gasteiger partial charge in [-0.1, -0.05) is 0 Å². The molecular weight excluding hydrogens is 332 g/mol. The Bertz CT molecular complexity index is 743. The van der Waals surface area contributed by atoms with Gasteiger partial charge in [0.1, 0.15) is 5.82 Å². The molecule has 0 radical (unpaired) electrons. The lowest BCUT2D eigenvalue weighted by atomic mass is 9.60. The number of carbonyl (C=O) groups is 1. The van der Waals surface area contributed by atoms with Crippen LogP contribution in [0.4, 0.5) is 11.8 Å². The summed E-state index contributed by atoms with van der Waals surface area (Å²) in [6.07, 6.45) is 2.67. The van der Waals surface area contributed by atoms with Crippen LogP contribution in [0, 0.1) is 17.8 Å². The first-order chi connectivity index (χ1) is 12.5. The van der Waals surface area contributed by atoms with Crippen molar-refractivity contribution in [2.24, 2.45) is 17.8 Å². The van der Waals surface area contributed by atoms with E-state index in [0.717, 1.165) is 49.1 Å². The lowest BCUT2D eigenvalue weighted by Crippen LogP contribution is -2.56. The van der Waals surface area contributed by atoms with E-state index in [2.05, 4.69) is 23.6 Å². The Morgan fingerprint density at radius 2 is 2.04 bits per heavy atom. The fourth-order valence-electron chi connectivity index (χ4n) is 5.14. The third-order valence-corrected chi connectivity index (χ3v) is 6.88. The van der Waals surface area contributed by atoms with E-state index in [1.807, 2.05) is 0 Å². The van der Waals surface area contributed by atoms with Crippen LogP contribution in [-0.2, 0) is 16.1 Å². The van der Waals surface area contributed by atoms with Crippen LogP contribution >= 0.6 is 0 Å². The van der Waals surface area contributed by atoms with E-state index in [0.29, 0.717) is 36.8 Å². The van der Waals surface area contributed by atoms with Gasteiger partial charge in [0.15, 0.2) is 0 Å². The van der Waals surface area contributed by atoms with Crippen molar-refractivity contribution in [2.75, 3.05) is 29.4 Å². The molecule has 140 valence electrons. The van der Waals surface area contributed by atoms with Gasteiger partial charge in [0.2, 0.25) is 5.95 Å². The average molecular weight is 358 g/mol. The summed E-state index contributed by atoms with van der Waals surface area (Å²) in [6.45, 7) is 7.67. The zero-order chi connectivity index (χ0) is 18.0. The molecule has 5 atom stereocenters. The number of aromatic nitrogens is 2. The van der Waals surface area contributed by atoms with E-state index in [9.17, 15) is 4.79 Å². The second-order valence-corrected chi connectivity index (χ2v) is 8.42. The smallest absolute Gasteiger partial charge is 0.303 e. The molecule has 5 aliphatic rings. The monoisotopic (exact) mass is 358 g/mol. The summed E-state index contributed by atoms with van der Waals surface area (Å²) in [5.41, 5.74) is 2.16. The molecule has 1 aliphatic carbocycles. The van der Waals surface area contributed by atoms with E-state index in [1.54, 1.807) is 0 Å². The second-order valence-electron chi connectivity index (χ2n) is 8.42. The van der Waals surface area contributed by atoms with E-state index < -0.39 is 5.97 Å². The molecular formula is C19H26N4O3. The first-order valence-corrected chi connectivity index (χ1v) is 9.77. The lowest BCUT2D eigenvalue weighted by Gasteiger charge is -2.54. The van der Waals surface area contributed by atoms with Crippen molar-refractivity contribution in [1.82, 2.24) is 9.97 Å². The maximum absolute atomic E-state index is 11.1. The molecule has 3 saturated heterocycles. The van der Waals surface area contributed by atoms with Gasteiger partial charge < -0.3 is 19.6 Å². The summed E-state index contributed by atoms with van der Waals surface area (Å²) in [4.78, 5) is 25.5. The molecule has 6 rings (SSSR count). The normalized spacial score (nSPS) is 34.9. The number of anilines is 2. The summed E-state index contributed by atoms with van der Waals surface area (Å²) < 4.78 is 5.85. The maximum Gasteiger partial charge on any atom is 0.303 e. The molecule has 2 bridgehead atoms. The molecule has 5 heterocycles. The van der Waals surface area contributed by atoms with Gasteiger partial charge in [-0.2, -0.15) is 4.98 Å². The minimum absolute atomic E-state index is 0.0150. The van der Waals surface area contributed by atoms with Gasteiger partial charge in [-0.05, 0) is 44.4 Å². The molecule has 0 aromatic carbocycles. The summed E-state index contributed by atoms with van der Waals surface area (Å²) in [5.74, 6) is 2.47. The molecule has 3 unspecified atom stereocenters. The Morgan fingerprint density at radius 1 is 1.27 bits per heavy atom. The number of hydrogen-bond donors (Lipinski definition) is 1. The molecule has 4 aliphatic heterocycles. The topological polar surface area (TPSA) is 78.8 Å². The highest BCUT2D eigenvalue weighted by Crippen LogP contribution is 2.49. The fraction of sp³-hybridized carbons (Fsp3) is 0.737. The predicted octanol–water partition coefficient (Wildman–Crippen LogP) is 2.21. The second kappa shape index (κ2) is 5.81. The van der Waals surface area contributed by atoms with Crippen LogP contribution in [-0.4, -0.2) is 46.7 Å². The van der Waals surface area contributed by atoms with Crippen molar-refractivity contribution >= 4 is 17.7 Å².